The Bertz CT molecular complexity index is 239. The Balaban J connectivity index is 5.00. The molecule has 2 heteroatoms. The predicted octanol–water partition coefficient (Wildman–Crippen LogP) is 4.19. The van der Waals surface area contributed by atoms with Crippen molar-refractivity contribution in [2.24, 2.45) is 22.2 Å². The van der Waals surface area contributed by atoms with E-state index >= 15 is 0 Å². The van der Waals surface area contributed by atoms with Gasteiger partial charge in [0.1, 0.15) is 10.5 Å². The largest absolute Gasteiger partial charge is 0.424 e. The normalized spacial score (nSPS) is 17.8. The molecule has 110 valence electrons. The third-order valence-electron chi connectivity index (χ3n) is 3.79. The molecular formula is C16H36OSi. The minimum Gasteiger partial charge on any atom is -0.424 e. The minimum atomic E-state index is 0.234. The summed E-state index contributed by atoms with van der Waals surface area (Å²) in [5.41, 5.74) is 0.961. The maximum Gasteiger partial charge on any atom is 0.146 e. The molecule has 0 spiro atoms. The highest BCUT2D eigenvalue weighted by atomic mass is 28.2. The van der Waals surface area contributed by atoms with Crippen LogP contribution in [0.25, 0.3) is 0 Å². The highest BCUT2D eigenvalue weighted by molar-refractivity contribution is 5.98. The van der Waals surface area contributed by atoms with Crippen molar-refractivity contribution < 1.29 is 4.43 Å². The van der Waals surface area contributed by atoms with E-state index in [-0.39, 0.29) is 5.41 Å². The van der Waals surface area contributed by atoms with Crippen molar-refractivity contribution in [3.63, 3.8) is 0 Å². The van der Waals surface area contributed by atoms with Crippen molar-refractivity contribution >= 4 is 10.5 Å². The molecule has 2 unspecified atom stereocenters. The van der Waals surface area contributed by atoms with Gasteiger partial charge in [0.2, 0.25) is 0 Å². The summed E-state index contributed by atoms with van der Waals surface area (Å²) in [5.74, 6) is 0.634. The molecule has 1 nitrogen and oxygen atoms in total. The van der Waals surface area contributed by atoms with Crippen LogP contribution in [0.1, 0.15) is 75.2 Å². The third-order valence-corrected chi connectivity index (χ3v) is 4.30. The Hall–Kier alpha value is 0.177. The Morgan fingerprint density at radius 3 is 1.50 bits per heavy atom. The molecule has 0 aliphatic heterocycles. The highest BCUT2D eigenvalue weighted by Crippen LogP contribution is 2.42. The minimum absolute atomic E-state index is 0.234. The van der Waals surface area contributed by atoms with Crippen LogP contribution in [0, 0.1) is 22.2 Å². The fraction of sp³-hybridized carbons (Fsp3) is 1.00. The summed E-state index contributed by atoms with van der Waals surface area (Å²) >= 11 is 0. The van der Waals surface area contributed by atoms with Crippen LogP contribution in [0.15, 0.2) is 0 Å². The highest BCUT2D eigenvalue weighted by Gasteiger charge is 2.38. The van der Waals surface area contributed by atoms with Gasteiger partial charge < -0.3 is 4.43 Å². The summed E-state index contributed by atoms with van der Waals surface area (Å²) in [4.78, 5) is 0. The Kier molecular flexibility index (Phi) is 6.15. The van der Waals surface area contributed by atoms with Gasteiger partial charge in [-0.15, -0.1) is 0 Å². The Labute approximate surface area is 119 Å². The van der Waals surface area contributed by atoms with E-state index in [1.54, 1.807) is 0 Å². The summed E-state index contributed by atoms with van der Waals surface area (Å²) in [6, 6.07) is 0. The number of rotatable bonds is 4. The smallest absolute Gasteiger partial charge is 0.146 e. The van der Waals surface area contributed by atoms with Crippen molar-refractivity contribution in [3.05, 3.63) is 0 Å². The molecule has 0 saturated carbocycles. The van der Waals surface area contributed by atoms with Crippen LogP contribution in [0.3, 0.4) is 0 Å². The summed E-state index contributed by atoms with van der Waals surface area (Å²) in [7, 11) is 0.831. The quantitative estimate of drug-likeness (QED) is 0.697. The first-order valence-corrected chi connectivity index (χ1v) is 8.13. The van der Waals surface area contributed by atoms with Crippen LogP contribution >= 0.6 is 0 Å². The van der Waals surface area contributed by atoms with Crippen LogP contribution in [0.5, 0.6) is 0 Å². The van der Waals surface area contributed by atoms with Gasteiger partial charge in [0.15, 0.2) is 0 Å². The average Bonchev–Trinajstić information content (AvgIpc) is 2.05. The van der Waals surface area contributed by atoms with E-state index in [1.807, 2.05) is 0 Å². The van der Waals surface area contributed by atoms with Gasteiger partial charge in [-0.05, 0) is 35.0 Å². The molecule has 0 saturated heterocycles. The van der Waals surface area contributed by atoms with E-state index in [4.69, 9.17) is 4.43 Å². The number of hydrogen-bond acceptors (Lipinski definition) is 1. The standard InChI is InChI=1S/C16H36OSi/c1-14(2,3)11-10-12(15(4,5)6)13(17-18)16(7,8)9/h12-13H,10-11H2,1-9,18H3. The molecule has 0 rings (SSSR count). The summed E-state index contributed by atoms with van der Waals surface area (Å²) in [6.45, 7) is 21.0. The molecule has 0 bridgehead atoms. The van der Waals surface area contributed by atoms with Crippen molar-refractivity contribution in [2.75, 3.05) is 0 Å². The lowest BCUT2D eigenvalue weighted by atomic mass is 9.67. The fourth-order valence-corrected chi connectivity index (χ4v) is 3.78. The van der Waals surface area contributed by atoms with Crippen molar-refractivity contribution in [3.8, 4) is 0 Å². The Morgan fingerprint density at radius 2 is 1.28 bits per heavy atom. The lowest BCUT2D eigenvalue weighted by molar-refractivity contribution is -0.0156. The molecule has 0 heterocycles. The second-order valence-electron chi connectivity index (χ2n) is 9.09. The van der Waals surface area contributed by atoms with Gasteiger partial charge >= 0.3 is 0 Å². The van der Waals surface area contributed by atoms with Crippen LogP contribution in [0.4, 0.5) is 0 Å². The van der Waals surface area contributed by atoms with Crippen molar-refractivity contribution in [1.82, 2.24) is 0 Å². The van der Waals surface area contributed by atoms with Crippen LogP contribution in [0.2, 0.25) is 0 Å². The second kappa shape index (κ2) is 6.09. The van der Waals surface area contributed by atoms with Gasteiger partial charge in [-0.1, -0.05) is 62.3 Å². The van der Waals surface area contributed by atoms with Crippen molar-refractivity contribution in [2.45, 2.75) is 81.3 Å². The zero-order valence-corrected chi connectivity index (χ0v) is 16.5. The van der Waals surface area contributed by atoms with Gasteiger partial charge in [-0.3, -0.25) is 0 Å². The molecule has 0 aliphatic rings. The van der Waals surface area contributed by atoms with E-state index < -0.39 is 0 Å². The number of hydrogen-bond donors (Lipinski definition) is 0. The molecule has 0 aromatic rings. The van der Waals surface area contributed by atoms with E-state index in [1.165, 1.54) is 12.8 Å². The molecule has 0 aromatic carbocycles. The molecule has 0 radical (unpaired) electrons. The topological polar surface area (TPSA) is 9.23 Å². The molecule has 2 atom stereocenters. The lowest BCUT2D eigenvalue weighted by Gasteiger charge is -2.44. The monoisotopic (exact) mass is 272 g/mol. The second-order valence-corrected chi connectivity index (χ2v) is 9.57. The zero-order valence-electron chi connectivity index (χ0n) is 14.5. The van der Waals surface area contributed by atoms with Gasteiger partial charge in [-0.2, -0.15) is 0 Å². The fourth-order valence-electron chi connectivity index (χ4n) is 2.75. The van der Waals surface area contributed by atoms with E-state index in [0.29, 0.717) is 22.9 Å². The molecule has 0 N–H and O–H groups in total. The molecule has 0 aliphatic carbocycles. The van der Waals surface area contributed by atoms with Crippen LogP contribution in [-0.4, -0.2) is 16.6 Å². The first kappa shape index (κ1) is 18.2. The van der Waals surface area contributed by atoms with Gasteiger partial charge in [0.05, 0.1) is 6.10 Å². The molecule has 0 aromatic heterocycles. The van der Waals surface area contributed by atoms with Gasteiger partial charge in [-0.25, -0.2) is 0 Å². The third kappa shape index (κ3) is 6.37. The van der Waals surface area contributed by atoms with E-state index in [0.717, 1.165) is 10.5 Å². The molecular weight excluding hydrogens is 236 g/mol. The van der Waals surface area contributed by atoms with Gasteiger partial charge in [0, 0.05) is 0 Å². The van der Waals surface area contributed by atoms with Crippen LogP contribution < -0.4 is 0 Å². The summed E-state index contributed by atoms with van der Waals surface area (Å²) in [6.07, 6.45) is 2.91. The maximum absolute atomic E-state index is 6.01. The first-order valence-electron chi connectivity index (χ1n) is 7.32. The Morgan fingerprint density at radius 1 is 0.833 bits per heavy atom. The molecule has 0 amide bonds. The van der Waals surface area contributed by atoms with E-state index in [9.17, 15) is 0 Å². The van der Waals surface area contributed by atoms with Gasteiger partial charge in [0.25, 0.3) is 0 Å². The summed E-state index contributed by atoms with van der Waals surface area (Å²) in [5, 5.41) is 0. The average molecular weight is 273 g/mol. The van der Waals surface area contributed by atoms with Crippen LogP contribution in [-0.2, 0) is 4.43 Å². The SMILES string of the molecule is CC(C)(C)CCC(C(O[SiH3])C(C)(C)C)C(C)(C)C. The first-order chi connectivity index (χ1) is 7.79. The van der Waals surface area contributed by atoms with E-state index in [2.05, 4.69) is 62.3 Å². The maximum atomic E-state index is 6.01. The molecule has 0 fully saturated rings. The summed E-state index contributed by atoms with van der Waals surface area (Å²) < 4.78 is 6.01. The molecule has 18 heavy (non-hydrogen) atoms. The lowest BCUT2D eigenvalue weighted by Crippen LogP contribution is -2.42. The van der Waals surface area contributed by atoms with Crippen molar-refractivity contribution in [1.29, 1.82) is 0 Å². The zero-order chi connectivity index (χ0) is 14.8. The predicted molar refractivity (Wildman–Crippen MR) is 85.9 cm³/mol.